The van der Waals surface area contributed by atoms with E-state index in [-0.39, 0.29) is 36.0 Å². The fraction of sp³-hybridized carbons (Fsp3) is 0.429. The topological polar surface area (TPSA) is 66.0 Å². The van der Waals surface area contributed by atoms with Crippen molar-refractivity contribution in [1.82, 2.24) is 10.2 Å². The predicted molar refractivity (Wildman–Crippen MR) is 83.3 cm³/mol. The van der Waals surface area contributed by atoms with Crippen LogP contribution in [0.15, 0.2) is 12.1 Å². The van der Waals surface area contributed by atoms with Crippen molar-refractivity contribution in [2.45, 2.75) is 13.0 Å². The Hall–Kier alpha value is -1.37. The first-order chi connectivity index (χ1) is 10.3. The number of carbonyl (C=O) groups excluding carboxylic acids is 2. The molecule has 0 heterocycles. The van der Waals surface area contributed by atoms with Crippen molar-refractivity contribution in [2.24, 2.45) is 0 Å². The second kappa shape index (κ2) is 8.31. The molecule has 122 valence electrons. The van der Waals surface area contributed by atoms with E-state index in [4.69, 9.17) is 23.2 Å². The molecule has 0 aliphatic heterocycles. The Morgan fingerprint density at radius 1 is 1.36 bits per heavy atom. The maximum absolute atomic E-state index is 13.5. The summed E-state index contributed by atoms with van der Waals surface area (Å²) in [6, 6.07) is 2.39. The molecular formula is C14H19Cl2FN3O2+. The number of likely N-dealkylation sites (N-methyl/N-ethyl adjacent to an activating group) is 2. The third kappa shape index (κ3) is 5.12. The number of amides is 2. The lowest BCUT2D eigenvalue weighted by molar-refractivity contribution is -0.683. The number of quaternary nitrogens is 1. The fourth-order valence-corrected chi connectivity index (χ4v) is 2.39. The minimum Gasteiger partial charge on any atom is -0.358 e. The number of benzene rings is 1. The molecule has 1 aromatic carbocycles. The van der Waals surface area contributed by atoms with Crippen molar-refractivity contribution in [3.63, 3.8) is 0 Å². The van der Waals surface area contributed by atoms with Crippen LogP contribution >= 0.6 is 23.2 Å². The van der Waals surface area contributed by atoms with Crippen LogP contribution in [0.3, 0.4) is 0 Å². The summed E-state index contributed by atoms with van der Waals surface area (Å²) in [6.45, 7) is 1.92. The van der Waals surface area contributed by atoms with E-state index >= 15 is 0 Å². The molecule has 5 nitrogen and oxygen atoms in total. The van der Waals surface area contributed by atoms with Crippen molar-refractivity contribution in [1.29, 1.82) is 0 Å². The third-order valence-electron chi connectivity index (χ3n) is 3.26. The van der Waals surface area contributed by atoms with Gasteiger partial charge in [0.2, 0.25) is 5.91 Å². The van der Waals surface area contributed by atoms with Gasteiger partial charge in [0.05, 0.1) is 16.6 Å². The molecule has 1 aromatic rings. The molecule has 0 bridgehead atoms. The van der Waals surface area contributed by atoms with Gasteiger partial charge < -0.3 is 15.5 Å². The lowest BCUT2D eigenvalue weighted by Gasteiger charge is -2.17. The van der Waals surface area contributed by atoms with E-state index in [9.17, 15) is 14.0 Å². The van der Waals surface area contributed by atoms with Crippen LogP contribution < -0.4 is 10.6 Å². The summed E-state index contributed by atoms with van der Waals surface area (Å²) in [7, 11) is 3.05. The number of rotatable bonds is 6. The zero-order valence-electron chi connectivity index (χ0n) is 12.6. The number of halogens is 3. The van der Waals surface area contributed by atoms with Gasteiger partial charge in [-0.15, -0.1) is 0 Å². The van der Waals surface area contributed by atoms with Crippen molar-refractivity contribution in [3.05, 3.63) is 33.6 Å². The van der Waals surface area contributed by atoms with Crippen LogP contribution in [0.2, 0.25) is 10.0 Å². The molecular weight excluding hydrogens is 332 g/mol. The van der Waals surface area contributed by atoms with Crippen LogP contribution in [0.5, 0.6) is 0 Å². The molecule has 22 heavy (non-hydrogen) atoms. The summed E-state index contributed by atoms with van der Waals surface area (Å²) in [5, 5.41) is 4.47. The molecule has 0 aliphatic rings. The van der Waals surface area contributed by atoms with Crippen molar-refractivity contribution < 1.29 is 19.3 Å². The van der Waals surface area contributed by atoms with E-state index in [1.165, 1.54) is 24.1 Å². The van der Waals surface area contributed by atoms with Crippen LogP contribution in [0, 0.1) is 5.82 Å². The zero-order valence-corrected chi connectivity index (χ0v) is 14.1. The van der Waals surface area contributed by atoms with Gasteiger partial charge in [0.15, 0.2) is 6.54 Å². The highest BCUT2D eigenvalue weighted by Crippen LogP contribution is 2.27. The Bertz CT molecular complexity index is 569. The summed E-state index contributed by atoms with van der Waals surface area (Å²) >= 11 is 11.7. The van der Waals surface area contributed by atoms with Crippen LogP contribution in [0.1, 0.15) is 18.5 Å². The molecule has 2 amide bonds. The van der Waals surface area contributed by atoms with Gasteiger partial charge in [-0.3, -0.25) is 9.59 Å². The van der Waals surface area contributed by atoms with E-state index in [0.29, 0.717) is 10.6 Å². The van der Waals surface area contributed by atoms with Crippen LogP contribution in [0.25, 0.3) is 0 Å². The Balaban J connectivity index is 2.62. The molecule has 0 aliphatic carbocycles. The average molecular weight is 351 g/mol. The molecule has 0 spiro atoms. The molecule has 1 atom stereocenters. The molecule has 1 rings (SSSR count). The van der Waals surface area contributed by atoms with Gasteiger partial charge >= 0.3 is 0 Å². The quantitative estimate of drug-likeness (QED) is 0.750. The van der Waals surface area contributed by atoms with Crippen molar-refractivity contribution in [3.8, 4) is 0 Å². The third-order valence-corrected chi connectivity index (χ3v) is 3.88. The van der Waals surface area contributed by atoms with Gasteiger partial charge in [-0.25, -0.2) is 4.39 Å². The highest BCUT2D eigenvalue weighted by molar-refractivity contribution is 6.35. The number of nitrogens with one attached hydrogen (secondary N) is 1. The minimum atomic E-state index is -0.552. The summed E-state index contributed by atoms with van der Waals surface area (Å²) < 4.78 is 13.5. The van der Waals surface area contributed by atoms with Crippen molar-refractivity contribution in [2.75, 3.05) is 27.2 Å². The van der Waals surface area contributed by atoms with Gasteiger partial charge in [-0.1, -0.05) is 23.2 Å². The van der Waals surface area contributed by atoms with Gasteiger partial charge in [-0.2, -0.15) is 0 Å². The van der Waals surface area contributed by atoms with E-state index in [2.05, 4.69) is 5.32 Å². The molecule has 3 N–H and O–H groups in total. The van der Waals surface area contributed by atoms with Crippen LogP contribution in [0.4, 0.5) is 4.39 Å². The van der Waals surface area contributed by atoms with E-state index in [1.54, 1.807) is 19.3 Å². The Kier molecular flexibility index (Phi) is 7.06. The molecule has 0 saturated carbocycles. The standard InChI is InChI=1S/C14H18Cl2FN3O2/c1-8(9-4-12(17)11(16)5-10(9)15)19-6-14(22)20(3)7-13(21)18-2/h4-5,8,19H,6-7H2,1-3H3,(H,18,21)/p+1/t8-/m1/s1. The maximum atomic E-state index is 13.5. The van der Waals surface area contributed by atoms with E-state index in [0.717, 1.165) is 0 Å². The first kappa shape index (κ1) is 18.7. The molecule has 0 radical (unpaired) electrons. The van der Waals surface area contributed by atoms with Gasteiger partial charge in [0.25, 0.3) is 5.91 Å². The Labute approximate surface area is 138 Å². The summed E-state index contributed by atoms with van der Waals surface area (Å²) in [6.07, 6.45) is 0. The molecule has 0 fully saturated rings. The number of carbonyl (C=O) groups is 2. The van der Waals surface area contributed by atoms with Crippen molar-refractivity contribution >= 4 is 35.0 Å². The normalized spacial score (nSPS) is 11.9. The lowest BCUT2D eigenvalue weighted by Crippen LogP contribution is -2.87. The number of hydrogen-bond acceptors (Lipinski definition) is 2. The monoisotopic (exact) mass is 350 g/mol. The second-order valence-corrected chi connectivity index (χ2v) is 5.75. The fourth-order valence-electron chi connectivity index (χ4n) is 1.83. The lowest BCUT2D eigenvalue weighted by atomic mass is 10.1. The van der Waals surface area contributed by atoms with Gasteiger partial charge in [-0.05, 0) is 19.1 Å². The second-order valence-electron chi connectivity index (χ2n) is 4.94. The highest BCUT2D eigenvalue weighted by atomic mass is 35.5. The number of hydrogen-bond donors (Lipinski definition) is 2. The smallest absolute Gasteiger partial charge is 0.277 e. The largest absolute Gasteiger partial charge is 0.358 e. The predicted octanol–water partition coefficient (Wildman–Crippen LogP) is 0.961. The number of nitrogens with zero attached hydrogens (tertiary/aromatic N) is 1. The van der Waals surface area contributed by atoms with Gasteiger partial charge in [0.1, 0.15) is 11.9 Å². The maximum Gasteiger partial charge on any atom is 0.277 e. The molecule has 0 aromatic heterocycles. The zero-order chi connectivity index (χ0) is 16.9. The molecule has 0 unspecified atom stereocenters. The Morgan fingerprint density at radius 2 is 2.00 bits per heavy atom. The van der Waals surface area contributed by atoms with Crippen LogP contribution in [-0.4, -0.2) is 43.9 Å². The van der Waals surface area contributed by atoms with Crippen LogP contribution in [-0.2, 0) is 9.59 Å². The molecule has 0 saturated heterocycles. The SMILES string of the molecule is CNC(=O)CN(C)C(=O)C[NH2+][C@H](C)c1cc(F)c(Cl)cc1Cl. The first-order valence-electron chi connectivity index (χ1n) is 6.68. The van der Waals surface area contributed by atoms with Gasteiger partial charge in [0, 0.05) is 19.7 Å². The molecule has 8 heteroatoms. The average Bonchev–Trinajstić information content (AvgIpc) is 2.47. The van der Waals surface area contributed by atoms with E-state index in [1.807, 2.05) is 0 Å². The van der Waals surface area contributed by atoms with E-state index < -0.39 is 5.82 Å². The minimum absolute atomic E-state index is 0.00607. The summed E-state index contributed by atoms with van der Waals surface area (Å²) in [5.41, 5.74) is 0.560. The number of nitrogens with two attached hydrogens (primary N) is 1. The highest BCUT2D eigenvalue weighted by Gasteiger charge is 2.19. The summed E-state index contributed by atoms with van der Waals surface area (Å²) in [4.78, 5) is 24.5. The summed E-state index contributed by atoms with van der Waals surface area (Å²) in [5.74, 6) is -1.00. The Morgan fingerprint density at radius 3 is 2.59 bits per heavy atom. The first-order valence-corrected chi connectivity index (χ1v) is 7.44.